The molecule has 1 heterocycles. The summed E-state index contributed by atoms with van der Waals surface area (Å²) in [5, 5.41) is 3.77. The van der Waals surface area contributed by atoms with Gasteiger partial charge in [0.15, 0.2) is 11.5 Å². The van der Waals surface area contributed by atoms with E-state index in [9.17, 15) is 0 Å². The molecule has 1 saturated carbocycles. The first-order valence-corrected chi connectivity index (χ1v) is 8.99. The molecule has 0 aromatic heterocycles. The Morgan fingerprint density at radius 3 is 2.36 bits per heavy atom. The zero-order chi connectivity index (χ0) is 15.4. The van der Waals surface area contributed by atoms with Crippen molar-refractivity contribution in [2.24, 2.45) is 5.92 Å². The van der Waals surface area contributed by atoms with Gasteiger partial charge in [-0.15, -0.1) is 0 Å². The summed E-state index contributed by atoms with van der Waals surface area (Å²) < 4.78 is 11.6. The summed E-state index contributed by atoms with van der Waals surface area (Å²) in [6.45, 7) is 6.50. The highest BCUT2D eigenvalue weighted by Crippen LogP contribution is 2.41. The summed E-state index contributed by atoms with van der Waals surface area (Å²) in [4.78, 5) is 0. The minimum Gasteiger partial charge on any atom is -0.490 e. The van der Waals surface area contributed by atoms with Crippen LogP contribution in [0.1, 0.15) is 63.1 Å². The molecule has 22 heavy (non-hydrogen) atoms. The van der Waals surface area contributed by atoms with Crippen molar-refractivity contribution < 1.29 is 9.47 Å². The van der Waals surface area contributed by atoms with Gasteiger partial charge in [-0.1, -0.05) is 19.3 Å². The Morgan fingerprint density at radius 1 is 1.00 bits per heavy atom. The van der Waals surface area contributed by atoms with E-state index in [0.29, 0.717) is 19.3 Å². The van der Waals surface area contributed by atoms with Crippen molar-refractivity contribution in [2.45, 2.75) is 58.4 Å². The molecule has 0 spiro atoms. The van der Waals surface area contributed by atoms with Gasteiger partial charge in [0.1, 0.15) is 0 Å². The molecular formula is C19H29NO2. The normalized spacial score (nSPS) is 22.2. The molecule has 0 amide bonds. The Hall–Kier alpha value is -1.22. The second-order valence-corrected chi connectivity index (χ2v) is 6.44. The first-order chi connectivity index (χ1) is 10.8. The predicted molar refractivity (Wildman–Crippen MR) is 89.8 cm³/mol. The van der Waals surface area contributed by atoms with Gasteiger partial charge in [0, 0.05) is 6.04 Å². The summed E-state index contributed by atoms with van der Waals surface area (Å²) in [5.41, 5.74) is 2.89. The van der Waals surface area contributed by atoms with Crippen LogP contribution >= 0.6 is 0 Å². The second-order valence-electron chi connectivity index (χ2n) is 6.44. The van der Waals surface area contributed by atoms with Crippen LogP contribution in [0.4, 0.5) is 0 Å². The first kappa shape index (κ1) is 15.7. The monoisotopic (exact) mass is 303 g/mol. The largest absolute Gasteiger partial charge is 0.490 e. The number of rotatable bonds is 5. The van der Waals surface area contributed by atoms with Gasteiger partial charge in [-0.25, -0.2) is 0 Å². The molecule has 1 N–H and O–H groups in total. The average Bonchev–Trinajstić information content (AvgIpc) is 2.56. The fourth-order valence-corrected chi connectivity index (χ4v) is 4.02. The lowest BCUT2D eigenvalue weighted by molar-refractivity contribution is 0.260. The molecule has 1 aromatic carbocycles. The summed E-state index contributed by atoms with van der Waals surface area (Å²) in [6, 6.07) is 4.97. The number of hydrogen-bond acceptors (Lipinski definition) is 3. The van der Waals surface area contributed by atoms with Crippen LogP contribution in [0.15, 0.2) is 12.1 Å². The van der Waals surface area contributed by atoms with Gasteiger partial charge < -0.3 is 14.8 Å². The summed E-state index contributed by atoms with van der Waals surface area (Å²) in [5.74, 6) is 2.60. The third-order valence-electron chi connectivity index (χ3n) is 5.02. The Labute approximate surface area is 134 Å². The van der Waals surface area contributed by atoms with Crippen molar-refractivity contribution in [1.29, 1.82) is 0 Å². The lowest BCUT2D eigenvalue weighted by Crippen LogP contribution is -2.35. The molecule has 1 aliphatic carbocycles. The lowest BCUT2D eigenvalue weighted by Gasteiger charge is -2.36. The molecule has 0 bridgehead atoms. The minimum absolute atomic E-state index is 0.499. The van der Waals surface area contributed by atoms with Crippen molar-refractivity contribution in [3.63, 3.8) is 0 Å². The molecule has 0 saturated heterocycles. The molecule has 3 rings (SSSR count). The van der Waals surface area contributed by atoms with E-state index in [1.165, 1.54) is 43.2 Å². The fourth-order valence-electron chi connectivity index (χ4n) is 4.02. The molecule has 3 nitrogen and oxygen atoms in total. The number of ether oxygens (including phenoxy) is 2. The van der Waals surface area contributed by atoms with Crippen LogP contribution in [0.5, 0.6) is 11.5 Å². The van der Waals surface area contributed by atoms with Crippen molar-refractivity contribution in [3.05, 3.63) is 23.3 Å². The minimum atomic E-state index is 0.499. The van der Waals surface area contributed by atoms with Crippen LogP contribution in [-0.4, -0.2) is 19.8 Å². The average molecular weight is 303 g/mol. The molecule has 1 aromatic rings. The zero-order valence-corrected chi connectivity index (χ0v) is 14.0. The molecule has 2 aliphatic rings. The zero-order valence-electron chi connectivity index (χ0n) is 14.0. The molecule has 1 fully saturated rings. The number of hydrogen-bond donors (Lipinski definition) is 1. The second kappa shape index (κ2) is 7.36. The van der Waals surface area contributed by atoms with E-state index in [0.717, 1.165) is 30.4 Å². The highest BCUT2D eigenvalue weighted by Gasteiger charge is 2.30. The van der Waals surface area contributed by atoms with Crippen LogP contribution in [-0.2, 0) is 6.42 Å². The third kappa shape index (κ3) is 3.24. The summed E-state index contributed by atoms with van der Waals surface area (Å²) in [6.07, 6.45) is 7.97. The molecular weight excluding hydrogens is 274 g/mol. The maximum atomic E-state index is 5.84. The van der Waals surface area contributed by atoms with Crippen molar-refractivity contribution in [3.8, 4) is 11.5 Å². The number of benzene rings is 1. The Morgan fingerprint density at radius 2 is 1.68 bits per heavy atom. The highest BCUT2D eigenvalue weighted by atomic mass is 16.5. The van der Waals surface area contributed by atoms with E-state index in [-0.39, 0.29) is 0 Å². The Kier molecular flexibility index (Phi) is 5.24. The van der Waals surface area contributed by atoms with Crippen LogP contribution in [0, 0.1) is 5.92 Å². The first-order valence-electron chi connectivity index (χ1n) is 8.99. The maximum absolute atomic E-state index is 5.84. The van der Waals surface area contributed by atoms with Crippen molar-refractivity contribution >= 4 is 0 Å². The van der Waals surface area contributed by atoms with Gasteiger partial charge in [-0.05, 0) is 68.8 Å². The van der Waals surface area contributed by atoms with Crippen LogP contribution < -0.4 is 14.8 Å². The van der Waals surface area contributed by atoms with Gasteiger partial charge in [0.05, 0.1) is 13.2 Å². The highest BCUT2D eigenvalue weighted by molar-refractivity contribution is 5.49. The Balaban J connectivity index is 1.92. The van der Waals surface area contributed by atoms with E-state index in [1.54, 1.807) is 0 Å². The SMILES string of the molecule is CCOc1cc2c(cc1OCC)[C@H](C1CCCCC1)NCC2. The quantitative estimate of drug-likeness (QED) is 0.882. The number of fused-ring (bicyclic) bond motifs is 1. The van der Waals surface area contributed by atoms with Gasteiger partial charge in [0.2, 0.25) is 0 Å². The third-order valence-corrected chi connectivity index (χ3v) is 5.02. The van der Waals surface area contributed by atoms with Gasteiger partial charge in [0.25, 0.3) is 0 Å². The van der Waals surface area contributed by atoms with E-state index < -0.39 is 0 Å². The van der Waals surface area contributed by atoms with Crippen LogP contribution in [0.25, 0.3) is 0 Å². The maximum Gasteiger partial charge on any atom is 0.161 e. The van der Waals surface area contributed by atoms with Gasteiger partial charge in [-0.2, -0.15) is 0 Å². The van der Waals surface area contributed by atoms with Crippen molar-refractivity contribution in [2.75, 3.05) is 19.8 Å². The molecule has 0 radical (unpaired) electrons. The van der Waals surface area contributed by atoms with Gasteiger partial charge in [-0.3, -0.25) is 0 Å². The molecule has 3 heteroatoms. The standard InChI is InChI=1S/C19H29NO2/c1-3-21-17-12-15-10-11-20-19(14-8-6-5-7-9-14)16(15)13-18(17)22-4-2/h12-14,19-20H,3-11H2,1-2H3/t19-/m0/s1. The van der Waals surface area contributed by atoms with Gasteiger partial charge >= 0.3 is 0 Å². The summed E-state index contributed by atoms with van der Waals surface area (Å²) >= 11 is 0. The van der Waals surface area contributed by atoms with Crippen molar-refractivity contribution in [1.82, 2.24) is 5.32 Å². The fraction of sp³-hybridized carbons (Fsp3) is 0.684. The van der Waals surface area contributed by atoms with E-state index in [2.05, 4.69) is 17.4 Å². The molecule has 1 aliphatic heterocycles. The Bertz CT molecular complexity index is 494. The summed E-state index contributed by atoms with van der Waals surface area (Å²) in [7, 11) is 0. The molecule has 0 unspecified atom stereocenters. The number of nitrogens with one attached hydrogen (secondary N) is 1. The van der Waals surface area contributed by atoms with E-state index in [1.807, 2.05) is 13.8 Å². The van der Waals surface area contributed by atoms with E-state index in [4.69, 9.17) is 9.47 Å². The smallest absolute Gasteiger partial charge is 0.161 e. The molecule has 122 valence electrons. The van der Waals surface area contributed by atoms with Crippen LogP contribution in [0.2, 0.25) is 0 Å². The predicted octanol–water partition coefficient (Wildman–Crippen LogP) is 4.25. The molecule has 1 atom stereocenters. The lowest BCUT2D eigenvalue weighted by atomic mass is 9.78. The topological polar surface area (TPSA) is 30.5 Å². The van der Waals surface area contributed by atoms with E-state index >= 15 is 0 Å². The van der Waals surface area contributed by atoms with Crippen LogP contribution in [0.3, 0.4) is 0 Å².